The average Bonchev–Trinajstić information content (AvgIpc) is 3.13. The molecule has 2 N–H and O–H groups in total. The molecule has 148 valence electrons. The molecule has 30 heavy (non-hydrogen) atoms. The lowest BCUT2D eigenvalue weighted by atomic mass is 10.1. The highest BCUT2D eigenvalue weighted by molar-refractivity contribution is 5.94. The lowest BCUT2D eigenvalue weighted by molar-refractivity contribution is 0.827. The number of rotatable bonds is 6. The van der Waals surface area contributed by atoms with Crippen LogP contribution in [0.25, 0.3) is 10.9 Å². The minimum atomic E-state index is 0.455. The molecule has 0 saturated carbocycles. The summed E-state index contributed by atoms with van der Waals surface area (Å²) in [6.07, 6.45) is 4.95. The minimum absolute atomic E-state index is 0.455. The topological polar surface area (TPSA) is 65.1 Å². The second-order valence-electron chi connectivity index (χ2n) is 6.99. The third-order valence-electron chi connectivity index (χ3n) is 4.93. The Kier molecular flexibility index (Phi) is 6.07. The zero-order valence-electron chi connectivity index (χ0n) is 16.6. The highest BCUT2D eigenvalue weighted by Crippen LogP contribution is 2.23. The van der Waals surface area contributed by atoms with Crippen LogP contribution in [0.3, 0.4) is 0 Å². The van der Waals surface area contributed by atoms with Crippen LogP contribution in [0.2, 0.25) is 0 Å². The van der Waals surface area contributed by atoms with Crippen molar-refractivity contribution in [3.8, 4) is 6.19 Å². The Bertz CT molecular complexity index is 1170. The van der Waals surface area contributed by atoms with Gasteiger partial charge in [-0.05, 0) is 35.7 Å². The number of guanidine groups is 1. The normalized spacial score (nSPS) is 11.2. The van der Waals surface area contributed by atoms with Crippen LogP contribution in [0.15, 0.2) is 96.1 Å². The Labute approximate surface area is 176 Å². The van der Waals surface area contributed by atoms with Crippen LogP contribution in [-0.2, 0) is 13.0 Å². The smallest absolute Gasteiger partial charge is 0.209 e. The monoisotopic (exact) mass is 393 g/mol. The lowest BCUT2D eigenvalue weighted by Gasteiger charge is -2.07. The Balaban J connectivity index is 1.52. The van der Waals surface area contributed by atoms with Crippen molar-refractivity contribution >= 4 is 22.5 Å². The fourth-order valence-corrected chi connectivity index (χ4v) is 3.54. The molecule has 0 aliphatic heterocycles. The van der Waals surface area contributed by atoms with E-state index in [1.54, 1.807) is 0 Å². The molecule has 0 fully saturated rings. The number of hydrogen-bond acceptors (Lipinski definition) is 2. The van der Waals surface area contributed by atoms with E-state index in [0.717, 1.165) is 18.7 Å². The van der Waals surface area contributed by atoms with Gasteiger partial charge in [-0.3, -0.25) is 10.3 Å². The van der Waals surface area contributed by atoms with E-state index in [-0.39, 0.29) is 0 Å². The van der Waals surface area contributed by atoms with Gasteiger partial charge in [-0.25, -0.2) is 0 Å². The first-order chi connectivity index (χ1) is 14.8. The van der Waals surface area contributed by atoms with Gasteiger partial charge in [-0.15, -0.1) is 0 Å². The number of para-hydroxylation sites is 2. The average molecular weight is 393 g/mol. The first-order valence-electron chi connectivity index (χ1n) is 9.96. The molecule has 0 atom stereocenters. The van der Waals surface area contributed by atoms with Crippen LogP contribution >= 0.6 is 0 Å². The number of aliphatic imine (C=N–C) groups is 1. The van der Waals surface area contributed by atoms with E-state index < -0.39 is 0 Å². The van der Waals surface area contributed by atoms with Gasteiger partial charge in [0, 0.05) is 35.9 Å². The van der Waals surface area contributed by atoms with Crippen LogP contribution in [0.1, 0.15) is 11.1 Å². The maximum absolute atomic E-state index is 9.03. The highest BCUT2D eigenvalue weighted by atomic mass is 15.2. The van der Waals surface area contributed by atoms with Crippen LogP contribution in [0.5, 0.6) is 0 Å². The standard InChI is InChI=1S/C25H23N5/c26-19-28-25(29-22-11-5-2-6-12-22)27-16-15-21-18-30(17-20-9-3-1-4-10-20)24-14-8-7-13-23(21)24/h1-14,18H,15-17H2,(H2,27,28,29). The molecular formula is C25H23N5. The molecule has 1 aromatic heterocycles. The van der Waals surface area contributed by atoms with Crippen molar-refractivity contribution in [2.45, 2.75) is 13.0 Å². The Morgan fingerprint density at radius 3 is 2.37 bits per heavy atom. The van der Waals surface area contributed by atoms with Crippen LogP contribution in [0.4, 0.5) is 5.69 Å². The summed E-state index contributed by atoms with van der Waals surface area (Å²) in [5.41, 5.74) is 4.63. The summed E-state index contributed by atoms with van der Waals surface area (Å²) < 4.78 is 2.29. The van der Waals surface area contributed by atoms with Gasteiger partial charge in [0.25, 0.3) is 0 Å². The molecule has 0 unspecified atom stereocenters. The van der Waals surface area contributed by atoms with Gasteiger partial charge in [-0.1, -0.05) is 66.7 Å². The third-order valence-corrected chi connectivity index (χ3v) is 4.93. The van der Waals surface area contributed by atoms with E-state index in [0.29, 0.717) is 12.5 Å². The first kappa shape index (κ1) is 19.3. The van der Waals surface area contributed by atoms with Crippen molar-refractivity contribution < 1.29 is 0 Å². The number of fused-ring (bicyclic) bond motifs is 1. The molecule has 5 heteroatoms. The van der Waals surface area contributed by atoms with E-state index in [2.05, 4.69) is 74.9 Å². The Morgan fingerprint density at radius 2 is 1.60 bits per heavy atom. The highest BCUT2D eigenvalue weighted by Gasteiger charge is 2.08. The number of aromatic nitrogens is 1. The SMILES string of the molecule is N#CNC(=NCCc1cn(Cc2ccccc2)c2ccccc12)Nc1ccccc1. The molecule has 0 aliphatic carbocycles. The van der Waals surface area contributed by atoms with Crippen molar-refractivity contribution in [3.63, 3.8) is 0 Å². The summed E-state index contributed by atoms with van der Waals surface area (Å²) in [6.45, 7) is 1.41. The maximum atomic E-state index is 9.03. The number of nitriles is 1. The zero-order valence-corrected chi connectivity index (χ0v) is 16.6. The minimum Gasteiger partial charge on any atom is -0.343 e. The predicted molar refractivity (Wildman–Crippen MR) is 122 cm³/mol. The number of nitrogens with zero attached hydrogens (tertiary/aromatic N) is 3. The molecule has 0 bridgehead atoms. The number of nitrogens with one attached hydrogen (secondary N) is 2. The molecule has 4 rings (SSSR count). The summed E-state index contributed by atoms with van der Waals surface area (Å²) in [5, 5.41) is 16.1. The predicted octanol–water partition coefficient (Wildman–Crippen LogP) is 4.77. The fourth-order valence-electron chi connectivity index (χ4n) is 3.54. The first-order valence-corrected chi connectivity index (χ1v) is 9.96. The molecule has 0 spiro atoms. The van der Waals surface area contributed by atoms with E-state index in [4.69, 9.17) is 5.26 Å². The molecule has 0 amide bonds. The van der Waals surface area contributed by atoms with Crippen molar-refractivity contribution in [2.75, 3.05) is 11.9 Å². The second kappa shape index (κ2) is 9.44. The van der Waals surface area contributed by atoms with Gasteiger partial charge in [0.15, 0.2) is 6.19 Å². The second-order valence-corrected chi connectivity index (χ2v) is 6.99. The Morgan fingerprint density at radius 1 is 0.900 bits per heavy atom. The molecular weight excluding hydrogens is 370 g/mol. The van der Waals surface area contributed by atoms with Gasteiger partial charge in [-0.2, -0.15) is 5.26 Å². The van der Waals surface area contributed by atoms with E-state index in [1.807, 2.05) is 42.6 Å². The zero-order chi connectivity index (χ0) is 20.6. The summed E-state index contributed by atoms with van der Waals surface area (Å²) in [6, 6.07) is 28.6. The molecule has 1 heterocycles. The number of anilines is 1. The summed E-state index contributed by atoms with van der Waals surface area (Å²) in [7, 11) is 0. The molecule has 0 radical (unpaired) electrons. The van der Waals surface area contributed by atoms with Gasteiger partial charge >= 0.3 is 0 Å². The van der Waals surface area contributed by atoms with Crippen LogP contribution < -0.4 is 10.6 Å². The van der Waals surface area contributed by atoms with Crippen molar-refractivity contribution in [2.24, 2.45) is 4.99 Å². The molecule has 0 saturated heterocycles. The van der Waals surface area contributed by atoms with E-state index >= 15 is 0 Å². The van der Waals surface area contributed by atoms with Crippen LogP contribution in [0, 0.1) is 11.5 Å². The molecule has 0 aliphatic rings. The molecule has 5 nitrogen and oxygen atoms in total. The maximum Gasteiger partial charge on any atom is 0.209 e. The van der Waals surface area contributed by atoms with Crippen molar-refractivity contribution in [1.82, 2.24) is 9.88 Å². The summed E-state index contributed by atoms with van der Waals surface area (Å²) in [4.78, 5) is 4.57. The summed E-state index contributed by atoms with van der Waals surface area (Å²) >= 11 is 0. The van der Waals surface area contributed by atoms with Crippen molar-refractivity contribution in [1.29, 1.82) is 5.26 Å². The Hall–Kier alpha value is -4.04. The largest absolute Gasteiger partial charge is 0.343 e. The van der Waals surface area contributed by atoms with Crippen molar-refractivity contribution in [3.05, 3.63) is 102 Å². The lowest BCUT2D eigenvalue weighted by Crippen LogP contribution is -2.27. The quantitative estimate of drug-likeness (QED) is 0.215. The number of benzene rings is 3. The van der Waals surface area contributed by atoms with Gasteiger partial charge in [0.1, 0.15) is 0 Å². The molecule has 3 aromatic carbocycles. The van der Waals surface area contributed by atoms with Crippen LogP contribution in [-0.4, -0.2) is 17.1 Å². The van der Waals surface area contributed by atoms with E-state index in [9.17, 15) is 0 Å². The fraction of sp³-hybridized carbons (Fsp3) is 0.120. The van der Waals surface area contributed by atoms with Gasteiger partial charge in [0.2, 0.25) is 5.96 Å². The number of hydrogen-bond donors (Lipinski definition) is 2. The van der Waals surface area contributed by atoms with E-state index in [1.165, 1.54) is 22.0 Å². The van der Waals surface area contributed by atoms with Gasteiger partial charge in [0.05, 0.1) is 0 Å². The summed E-state index contributed by atoms with van der Waals surface area (Å²) in [5.74, 6) is 0.455. The van der Waals surface area contributed by atoms with Gasteiger partial charge < -0.3 is 9.88 Å². The third kappa shape index (κ3) is 4.68. The molecule has 4 aromatic rings.